The molecule has 2 aromatic rings. The number of piperidine rings is 1. The van der Waals surface area contributed by atoms with Gasteiger partial charge in [0.2, 0.25) is 5.88 Å². The van der Waals surface area contributed by atoms with E-state index in [1.165, 1.54) is 12.1 Å². The van der Waals surface area contributed by atoms with Gasteiger partial charge in [0.25, 0.3) is 0 Å². The Morgan fingerprint density at radius 2 is 1.96 bits per heavy atom. The van der Waals surface area contributed by atoms with Crippen LogP contribution in [0.1, 0.15) is 20.3 Å². The summed E-state index contributed by atoms with van der Waals surface area (Å²) in [7, 11) is 0. The molecule has 0 saturated carbocycles. The fourth-order valence-corrected chi connectivity index (χ4v) is 4.24. The molecule has 0 amide bonds. The average Bonchev–Trinajstić information content (AvgIpc) is 2.87. The third-order valence-corrected chi connectivity index (χ3v) is 5.35. The van der Waals surface area contributed by atoms with Crippen LogP contribution in [0.2, 0.25) is 0 Å². The van der Waals surface area contributed by atoms with Crippen molar-refractivity contribution in [2.45, 2.75) is 26.3 Å². The van der Waals surface area contributed by atoms with Gasteiger partial charge in [-0.2, -0.15) is 0 Å². The Hall–Kier alpha value is -2.07. The first-order chi connectivity index (χ1) is 11.6. The van der Waals surface area contributed by atoms with E-state index in [1.54, 1.807) is 6.20 Å². The largest absolute Gasteiger partial charge is 0.439 e. The van der Waals surface area contributed by atoms with Gasteiger partial charge in [0.05, 0.1) is 0 Å². The van der Waals surface area contributed by atoms with Gasteiger partial charge < -0.3 is 15.0 Å². The zero-order chi connectivity index (χ0) is 16.6. The number of aromatic nitrogens is 1. The zero-order valence-corrected chi connectivity index (χ0v) is 14.4. The molecule has 3 saturated heterocycles. The van der Waals surface area contributed by atoms with Crippen LogP contribution in [-0.4, -0.2) is 30.7 Å². The van der Waals surface area contributed by atoms with E-state index in [9.17, 15) is 0 Å². The molecule has 0 aliphatic carbocycles. The van der Waals surface area contributed by atoms with E-state index in [0.717, 1.165) is 31.3 Å². The van der Waals surface area contributed by atoms with E-state index in [0.29, 0.717) is 17.3 Å². The molecule has 1 N–H and O–H groups in total. The van der Waals surface area contributed by atoms with Crippen LogP contribution in [0.4, 0.5) is 5.69 Å². The maximum Gasteiger partial charge on any atom is 0.219 e. The molecule has 5 rings (SSSR count). The monoisotopic (exact) mass is 323 g/mol. The topological polar surface area (TPSA) is 37.4 Å². The number of fused-ring (bicyclic) bond motifs is 4. The molecular weight excluding hydrogens is 298 g/mol. The SMILES string of the molecule is CC1(C)C[C@@H]2CNC[C@H]1N(c1ccc(Oc3ccccn3)cc1)C2. The lowest BCUT2D eigenvalue weighted by atomic mass is 9.73. The molecule has 3 fully saturated rings. The first-order valence-electron chi connectivity index (χ1n) is 8.78. The Kier molecular flexibility index (Phi) is 3.93. The molecule has 1 aromatic carbocycles. The minimum absolute atomic E-state index is 0.343. The van der Waals surface area contributed by atoms with Crippen LogP contribution in [0.25, 0.3) is 0 Å². The van der Waals surface area contributed by atoms with Crippen molar-refractivity contribution in [1.82, 2.24) is 10.3 Å². The summed E-state index contributed by atoms with van der Waals surface area (Å²) >= 11 is 0. The molecule has 2 atom stereocenters. The number of benzene rings is 1. The smallest absolute Gasteiger partial charge is 0.219 e. The Labute approximate surface area is 143 Å². The van der Waals surface area contributed by atoms with E-state index < -0.39 is 0 Å². The van der Waals surface area contributed by atoms with Crippen molar-refractivity contribution in [2.24, 2.45) is 11.3 Å². The van der Waals surface area contributed by atoms with E-state index in [1.807, 2.05) is 30.3 Å². The standard InChI is InChI=1S/C20H25N3O/c1-20(2)11-15-12-21-13-18(20)23(14-15)16-6-8-17(9-7-16)24-19-5-3-4-10-22-19/h3-10,15,18,21H,11-14H2,1-2H3/t15-,18-/m1/s1. The number of hydrogen-bond donors (Lipinski definition) is 1. The van der Waals surface area contributed by atoms with Crippen LogP contribution < -0.4 is 15.0 Å². The molecular formula is C20H25N3O. The Morgan fingerprint density at radius 3 is 2.71 bits per heavy atom. The molecule has 0 radical (unpaired) electrons. The molecule has 126 valence electrons. The number of hydrogen-bond acceptors (Lipinski definition) is 4. The summed E-state index contributed by atoms with van der Waals surface area (Å²) in [6, 6.07) is 14.7. The normalized spacial score (nSPS) is 25.3. The van der Waals surface area contributed by atoms with E-state index >= 15 is 0 Å². The third-order valence-electron chi connectivity index (χ3n) is 5.35. The maximum atomic E-state index is 5.81. The van der Waals surface area contributed by atoms with Crippen LogP contribution in [0, 0.1) is 11.3 Å². The average molecular weight is 323 g/mol. The Balaban J connectivity index is 1.54. The van der Waals surface area contributed by atoms with Gasteiger partial charge in [-0.05, 0) is 54.6 Å². The van der Waals surface area contributed by atoms with Gasteiger partial charge in [0.15, 0.2) is 0 Å². The molecule has 0 spiro atoms. The molecule has 3 aliphatic rings. The number of nitrogens with zero attached hydrogens (tertiary/aromatic N) is 2. The highest BCUT2D eigenvalue weighted by Crippen LogP contribution is 2.41. The molecule has 0 unspecified atom stereocenters. The molecule has 3 aliphatic heterocycles. The van der Waals surface area contributed by atoms with Crippen molar-refractivity contribution in [3.8, 4) is 11.6 Å². The Bertz CT molecular complexity index is 684. The van der Waals surface area contributed by atoms with Crippen LogP contribution in [-0.2, 0) is 0 Å². The van der Waals surface area contributed by atoms with Crippen molar-refractivity contribution >= 4 is 5.69 Å². The predicted molar refractivity (Wildman–Crippen MR) is 96.6 cm³/mol. The minimum atomic E-state index is 0.343. The third kappa shape index (κ3) is 2.98. The Morgan fingerprint density at radius 1 is 1.12 bits per heavy atom. The number of ether oxygens (including phenoxy) is 1. The lowest BCUT2D eigenvalue weighted by Gasteiger charge is -2.48. The van der Waals surface area contributed by atoms with E-state index in [-0.39, 0.29) is 0 Å². The van der Waals surface area contributed by atoms with Crippen molar-refractivity contribution < 1.29 is 4.74 Å². The molecule has 24 heavy (non-hydrogen) atoms. The molecule has 2 bridgehead atoms. The first kappa shape index (κ1) is 15.5. The van der Waals surface area contributed by atoms with Crippen molar-refractivity contribution in [1.29, 1.82) is 0 Å². The lowest BCUT2D eigenvalue weighted by Crippen LogP contribution is -2.53. The van der Waals surface area contributed by atoms with E-state index in [4.69, 9.17) is 4.74 Å². The van der Waals surface area contributed by atoms with Crippen LogP contribution in [0.15, 0.2) is 48.7 Å². The highest BCUT2D eigenvalue weighted by Gasteiger charge is 2.43. The van der Waals surface area contributed by atoms with E-state index in [2.05, 4.69) is 41.2 Å². The minimum Gasteiger partial charge on any atom is -0.439 e. The van der Waals surface area contributed by atoms with Gasteiger partial charge in [0.1, 0.15) is 5.75 Å². The van der Waals surface area contributed by atoms with Gasteiger partial charge in [-0.3, -0.25) is 0 Å². The number of anilines is 1. The molecule has 4 nitrogen and oxygen atoms in total. The second-order valence-corrected chi connectivity index (χ2v) is 7.65. The highest BCUT2D eigenvalue weighted by molar-refractivity contribution is 5.51. The van der Waals surface area contributed by atoms with Crippen molar-refractivity contribution in [3.63, 3.8) is 0 Å². The summed E-state index contributed by atoms with van der Waals surface area (Å²) in [6.07, 6.45) is 3.05. The number of pyridine rings is 1. The van der Waals surface area contributed by atoms with Crippen LogP contribution >= 0.6 is 0 Å². The van der Waals surface area contributed by atoms with Crippen molar-refractivity contribution in [3.05, 3.63) is 48.7 Å². The molecule has 1 aromatic heterocycles. The van der Waals surface area contributed by atoms with Gasteiger partial charge >= 0.3 is 0 Å². The summed E-state index contributed by atoms with van der Waals surface area (Å²) in [5.41, 5.74) is 1.63. The predicted octanol–water partition coefficient (Wildman–Crippen LogP) is 3.70. The fourth-order valence-electron chi connectivity index (χ4n) is 4.24. The summed E-state index contributed by atoms with van der Waals surface area (Å²) in [5, 5.41) is 3.63. The quantitative estimate of drug-likeness (QED) is 0.934. The summed E-state index contributed by atoms with van der Waals surface area (Å²) in [5.74, 6) is 2.18. The molecule has 4 heteroatoms. The first-order valence-corrected chi connectivity index (χ1v) is 8.78. The second-order valence-electron chi connectivity index (χ2n) is 7.65. The second kappa shape index (κ2) is 6.10. The van der Waals surface area contributed by atoms with Gasteiger partial charge in [-0.1, -0.05) is 19.9 Å². The zero-order valence-electron chi connectivity index (χ0n) is 14.4. The lowest BCUT2D eigenvalue weighted by molar-refractivity contribution is 0.192. The molecule has 4 heterocycles. The number of rotatable bonds is 3. The highest BCUT2D eigenvalue weighted by atomic mass is 16.5. The fraction of sp³-hybridized carbons (Fsp3) is 0.450. The van der Waals surface area contributed by atoms with Gasteiger partial charge in [-0.15, -0.1) is 0 Å². The van der Waals surface area contributed by atoms with Crippen molar-refractivity contribution in [2.75, 3.05) is 24.5 Å². The van der Waals surface area contributed by atoms with Crippen LogP contribution in [0.3, 0.4) is 0 Å². The maximum absolute atomic E-state index is 5.81. The van der Waals surface area contributed by atoms with Gasteiger partial charge in [-0.25, -0.2) is 4.98 Å². The summed E-state index contributed by atoms with van der Waals surface area (Å²) < 4.78 is 5.81. The summed E-state index contributed by atoms with van der Waals surface area (Å²) in [4.78, 5) is 6.79. The number of nitrogens with one attached hydrogen (secondary N) is 1. The van der Waals surface area contributed by atoms with Gasteiger partial charge in [0, 0.05) is 37.1 Å². The summed E-state index contributed by atoms with van der Waals surface area (Å²) in [6.45, 7) is 8.15. The van der Waals surface area contributed by atoms with Crippen LogP contribution in [0.5, 0.6) is 11.6 Å².